The molecule has 0 radical (unpaired) electrons. The number of benzene rings is 2. The van der Waals surface area contributed by atoms with Gasteiger partial charge in [-0.15, -0.1) is 11.3 Å². The average molecular weight is 536 g/mol. The summed E-state index contributed by atoms with van der Waals surface area (Å²) in [6.45, 7) is 0. The van der Waals surface area contributed by atoms with E-state index in [1.165, 1.54) is 37.5 Å². The van der Waals surface area contributed by atoms with E-state index in [2.05, 4.69) is 29.2 Å². The Hall–Kier alpha value is -2.85. The summed E-state index contributed by atoms with van der Waals surface area (Å²) >= 11 is 9.49. The van der Waals surface area contributed by atoms with Gasteiger partial charge in [-0.25, -0.2) is 0 Å². The van der Waals surface area contributed by atoms with E-state index in [1.54, 1.807) is 25.9 Å². The molecule has 5 nitrogen and oxygen atoms in total. The number of thiocarbonyl (C=S) groups is 1. The number of rotatable bonds is 3. The number of carbonyl (C=O) groups is 1. The van der Waals surface area contributed by atoms with Crippen molar-refractivity contribution in [2.24, 2.45) is 7.05 Å². The Bertz CT molecular complexity index is 1580. The van der Waals surface area contributed by atoms with Crippen molar-refractivity contribution in [3.05, 3.63) is 102 Å². The molecule has 5 rings (SSSR count). The van der Waals surface area contributed by atoms with E-state index in [1.807, 2.05) is 55.6 Å². The van der Waals surface area contributed by atoms with Crippen molar-refractivity contribution >= 4 is 78.9 Å². The number of thiazole rings is 1. The Labute approximate surface area is 220 Å². The second-order valence-electron chi connectivity index (χ2n) is 7.94. The van der Waals surface area contributed by atoms with E-state index in [0.717, 1.165) is 21.9 Å². The molecule has 2 aliphatic rings. The molecule has 35 heavy (non-hydrogen) atoms. The van der Waals surface area contributed by atoms with Gasteiger partial charge in [0.15, 0.2) is 0 Å². The zero-order valence-electron chi connectivity index (χ0n) is 19.2. The number of amides is 1. The number of thioether (sulfide) groups is 2. The quantitative estimate of drug-likeness (QED) is 0.475. The number of hydrogen-bond donors (Lipinski definition) is 0. The van der Waals surface area contributed by atoms with Crippen LogP contribution in [0.5, 0.6) is 0 Å². The largest absolute Gasteiger partial charge is 0.338 e. The lowest BCUT2D eigenvalue weighted by atomic mass is 10.1. The predicted octanol–water partition coefficient (Wildman–Crippen LogP) is 3.87. The van der Waals surface area contributed by atoms with Crippen LogP contribution in [0.15, 0.2) is 76.6 Å². The number of allylic oxidation sites excluding steroid dienone is 1. The molecule has 0 aliphatic carbocycles. The van der Waals surface area contributed by atoms with Crippen LogP contribution in [0.25, 0.3) is 21.6 Å². The molecular formula is C26H21N3O2S4. The molecule has 0 spiro atoms. The van der Waals surface area contributed by atoms with Gasteiger partial charge in [-0.2, -0.15) is 0 Å². The van der Waals surface area contributed by atoms with E-state index >= 15 is 0 Å². The minimum absolute atomic E-state index is 0.131. The van der Waals surface area contributed by atoms with Gasteiger partial charge < -0.3 is 9.47 Å². The Morgan fingerprint density at radius 1 is 0.771 bits per heavy atom. The lowest BCUT2D eigenvalue weighted by molar-refractivity contribution is -0.119. The summed E-state index contributed by atoms with van der Waals surface area (Å²) < 4.78 is 3.23. The van der Waals surface area contributed by atoms with E-state index in [-0.39, 0.29) is 11.5 Å². The van der Waals surface area contributed by atoms with Crippen molar-refractivity contribution in [1.82, 2.24) is 14.4 Å². The van der Waals surface area contributed by atoms with Crippen molar-refractivity contribution in [3.8, 4) is 0 Å². The van der Waals surface area contributed by atoms with Crippen LogP contribution in [0, 0.1) is 0 Å². The average Bonchev–Trinajstić information content (AvgIpc) is 3.45. The van der Waals surface area contributed by atoms with Crippen molar-refractivity contribution < 1.29 is 4.79 Å². The maximum Gasteiger partial charge on any atom is 0.268 e. The van der Waals surface area contributed by atoms with Gasteiger partial charge in [0, 0.05) is 26.0 Å². The van der Waals surface area contributed by atoms with Crippen molar-refractivity contribution in [3.63, 3.8) is 0 Å². The summed E-state index contributed by atoms with van der Waals surface area (Å²) in [5.74, 6) is -0.169. The van der Waals surface area contributed by atoms with Gasteiger partial charge in [-0.1, -0.05) is 96.4 Å². The highest BCUT2D eigenvalue weighted by molar-refractivity contribution is 8.30. The van der Waals surface area contributed by atoms with Crippen molar-refractivity contribution in [2.75, 3.05) is 14.1 Å². The summed E-state index contributed by atoms with van der Waals surface area (Å²) in [5, 5.41) is 1.01. The van der Waals surface area contributed by atoms with E-state index in [0.29, 0.717) is 18.4 Å². The zero-order chi connectivity index (χ0) is 24.7. The molecule has 0 unspecified atom stereocenters. The van der Waals surface area contributed by atoms with Gasteiger partial charge >= 0.3 is 0 Å². The monoisotopic (exact) mass is 535 g/mol. The first-order valence-corrected chi connectivity index (χ1v) is 13.6. The highest BCUT2D eigenvalue weighted by Crippen LogP contribution is 2.49. The molecule has 0 atom stereocenters. The number of nitrogens with zero attached hydrogens (tertiary/aromatic N) is 3. The fourth-order valence-electron chi connectivity index (χ4n) is 3.83. The molecule has 1 amide bonds. The standard InChI is InChI=1S/C26H21N3O2S4/c1-27-19(34-21(17-12-8-5-9-13-17)20(27)16-10-6-4-7-11-16)15-14-18-23(30)28(2)25(33-18)22-24(31)29(3)26(32)35-22/h4-15H,1-3H3. The number of aromatic nitrogens is 1. The molecule has 1 saturated heterocycles. The summed E-state index contributed by atoms with van der Waals surface area (Å²) in [4.78, 5) is 30.8. The maximum atomic E-state index is 13.0. The van der Waals surface area contributed by atoms with Gasteiger partial charge in [0.2, 0.25) is 0 Å². The number of hydrogen-bond acceptors (Lipinski definition) is 7. The molecule has 1 aromatic heterocycles. The molecule has 0 saturated carbocycles. The third kappa shape index (κ3) is 4.33. The SMILES string of the molecule is CN1C(=O)C(=c2sc(=CC=C3SC(c4ccccc4)=C(c4ccccc4)N3C)c(=O)n2C)SC1=S. The van der Waals surface area contributed by atoms with Crippen LogP contribution in [0.4, 0.5) is 0 Å². The van der Waals surface area contributed by atoms with Crippen LogP contribution in [-0.4, -0.2) is 38.7 Å². The number of carbonyl (C=O) groups excluding carboxylic acids is 1. The van der Waals surface area contributed by atoms with Crippen LogP contribution >= 0.6 is 47.1 Å². The molecule has 3 heterocycles. The summed E-state index contributed by atoms with van der Waals surface area (Å²) in [6.07, 6.45) is 3.82. The summed E-state index contributed by atoms with van der Waals surface area (Å²) in [6, 6.07) is 20.6. The highest BCUT2D eigenvalue weighted by Gasteiger charge is 2.31. The molecule has 1 fully saturated rings. The van der Waals surface area contributed by atoms with Crippen molar-refractivity contribution in [1.29, 1.82) is 0 Å². The molecule has 2 aliphatic heterocycles. The van der Waals surface area contributed by atoms with Crippen molar-refractivity contribution in [2.45, 2.75) is 0 Å². The molecular weight excluding hydrogens is 515 g/mol. The smallest absolute Gasteiger partial charge is 0.268 e. The fourth-order valence-corrected chi connectivity index (χ4v) is 7.40. The molecule has 0 bridgehead atoms. The topological polar surface area (TPSA) is 45.6 Å². The van der Waals surface area contributed by atoms with Gasteiger partial charge in [0.1, 0.15) is 13.9 Å². The van der Waals surface area contributed by atoms with Crippen LogP contribution in [-0.2, 0) is 11.8 Å². The Balaban J connectivity index is 1.59. The van der Waals surface area contributed by atoms with Crippen LogP contribution in [0.3, 0.4) is 0 Å². The van der Waals surface area contributed by atoms with E-state index in [9.17, 15) is 9.59 Å². The van der Waals surface area contributed by atoms with Gasteiger partial charge in [0.25, 0.3) is 11.5 Å². The molecule has 3 aromatic rings. The third-order valence-corrected chi connectivity index (χ3v) is 9.86. The second-order valence-corrected chi connectivity index (χ2v) is 11.6. The molecule has 176 valence electrons. The van der Waals surface area contributed by atoms with Gasteiger partial charge in [-0.05, 0) is 23.3 Å². The normalized spacial score (nSPS) is 19.6. The minimum atomic E-state index is -0.169. The first-order chi connectivity index (χ1) is 16.9. The summed E-state index contributed by atoms with van der Waals surface area (Å²) in [5.41, 5.74) is 3.27. The minimum Gasteiger partial charge on any atom is -0.338 e. The van der Waals surface area contributed by atoms with Gasteiger partial charge in [-0.3, -0.25) is 14.5 Å². The predicted molar refractivity (Wildman–Crippen MR) is 153 cm³/mol. The summed E-state index contributed by atoms with van der Waals surface area (Å²) in [7, 11) is 5.39. The lowest BCUT2D eigenvalue weighted by Crippen LogP contribution is -2.30. The molecule has 2 aromatic carbocycles. The highest BCUT2D eigenvalue weighted by atomic mass is 32.2. The third-order valence-electron chi connectivity index (χ3n) is 5.73. The molecule has 9 heteroatoms. The fraction of sp³-hybridized carbons (Fsp3) is 0.115. The van der Waals surface area contributed by atoms with Crippen LogP contribution in [0.2, 0.25) is 0 Å². The van der Waals surface area contributed by atoms with Gasteiger partial charge in [0.05, 0.1) is 15.3 Å². The first-order valence-electron chi connectivity index (χ1n) is 10.8. The Morgan fingerprint density at radius 2 is 1.40 bits per heavy atom. The van der Waals surface area contributed by atoms with E-state index < -0.39 is 0 Å². The lowest BCUT2D eigenvalue weighted by Gasteiger charge is -2.17. The Kier molecular flexibility index (Phi) is 6.59. The Morgan fingerprint density at radius 3 is 2.00 bits per heavy atom. The van der Waals surface area contributed by atoms with Crippen LogP contribution < -0.4 is 14.8 Å². The second kappa shape index (κ2) is 9.66. The maximum absolute atomic E-state index is 13.0. The molecule has 0 N–H and O–H groups in total. The first kappa shape index (κ1) is 23.9. The van der Waals surface area contributed by atoms with E-state index in [4.69, 9.17) is 12.2 Å². The van der Waals surface area contributed by atoms with Crippen LogP contribution in [0.1, 0.15) is 11.1 Å². The zero-order valence-corrected chi connectivity index (χ0v) is 22.5.